The zero-order valence-corrected chi connectivity index (χ0v) is 27.3. The van der Waals surface area contributed by atoms with E-state index in [2.05, 4.69) is 0 Å². The van der Waals surface area contributed by atoms with Gasteiger partial charge in [-0.2, -0.15) is 16.8 Å². The second-order valence-electron chi connectivity index (χ2n) is 13.3. The van der Waals surface area contributed by atoms with Crippen LogP contribution in [0, 0.1) is 24.7 Å². The summed E-state index contributed by atoms with van der Waals surface area (Å²) in [6, 6.07) is 11.8. The Labute approximate surface area is 266 Å². The first-order valence-electron chi connectivity index (χ1n) is 14.9. The number of carbonyl (C=O) groups excluding carboxylic acids is 2. The predicted octanol–water partition coefficient (Wildman–Crippen LogP) is 2.67. The molecule has 0 amide bonds. The van der Waals surface area contributed by atoms with Crippen molar-refractivity contribution >= 4 is 32.2 Å². The maximum absolute atomic E-state index is 14.1. The van der Waals surface area contributed by atoms with Crippen LogP contribution in [0.2, 0.25) is 0 Å². The molecule has 0 radical (unpaired) electrons. The standard InChI is InChI=1S/C31H34O13S2/c1-16-6-10-18(11-7-16)45(34,35)43-24-21-20(38-27(33)31-15-14-30(5,26(32)42-31)29(31,3)4)22-25(23(24)41-28(39-21)40-22)44-46(36,37)19-12-8-17(2)9-13-19/h6-13,20-25,28H,14-15H2,1-5H3/t20?,21-,22+,23?,24-,25-,28?,30-,31?/m1/s1. The van der Waals surface area contributed by atoms with Gasteiger partial charge in [-0.3, -0.25) is 13.2 Å². The number of aryl methyl sites for hydroxylation is 2. The van der Waals surface area contributed by atoms with Crippen LogP contribution in [-0.4, -0.2) is 77.5 Å². The summed E-state index contributed by atoms with van der Waals surface area (Å²) in [5.41, 5.74) is -1.90. The van der Waals surface area contributed by atoms with E-state index in [1.165, 1.54) is 24.3 Å². The topological polar surface area (TPSA) is 167 Å². The van der Waals surface area contributed by atoms with Gasteiger partial charge in [0.15, 0.2) is 6.10 Å². The SMILES string of the molecule is Cc1ccc(S(=O)(=O)O[C@H]2C3OC4O[C@@H]2C(OC(=O)C25CC[C@](C)(C(=O)O2)C5(C)C)[C@H](O4)[C@H]3OS(=O)(=O)c2ccc(C)cc2)cc1. The Morgan fingerprint density at radius 1 is 0.717 bits per heavy atom. The van der Waals surface area contributed by atoms with E-state index in [0.29, 0.717) is 6.42 Å². The van der Waals surface area contributed by atoms with E-state index in [0.717, 1.165) is 11.1 Å². The van der Waals surface area contributed by atoms with Crippen LogP contribution in [0.15, 0.2) is 58.3 Å². The van der Waals surface area contributed by atoms with Crippen LogP contribution in [0.25, 0.3) is 0 Å². The van der Waals surface area contributed by atoms with E-state index in [4.69, 9.17) is 32.1 Å². The first kappa shape index (κ1) is 31.7. The van der Waals surface area contributed by atoms with Gasteiger partial charge < -0.3 is 23.7 Å². The van der Waals surface area contributed by atoms with Crippen molar-refractivity contribution in [3.8, 4) is 0 Å². The highest BCUT2D eigenvalue weighted by Crippen LogP contribution is 2.66. The van der Waals surface area contributed by atoms with Gasteiger partial charge in [0, 0.05) is 5.41 Å². The van der Waals surface area contributed by atoms with Crippen LogP contribution in [0.4, 0.5) is 0 Å². The molecule has 0 N–H and O–H groups in total. The Morgan fingerprint density at radius 3 is 1.54 bits per heavy atom. The summed E-state index contributed by atoms with van der Waals surface area (Å²) in [7, 11) is -8.95. The summed E-state index contributed by atoms with van der Waals surface area (Å²) in [5, 5.41) is 0. The van der Waals surface area contributed by atoms with Gasteiger partial charge in [0.2, 0.25) is 5.60 Å². The van der Waals surface area contributed by atoms with Crippen molar-refractivity contribution in [2.45, 2.75) is 106 Å². The van der Waals surface area contributed by atoms with Crippen molar-refractivity contribution in [1.82, 2.24) is 0 Å². The van der Waals surface area contributed by atoms with Gasteiger partial charge in [0.25, 0.3) is 26.7 Å². The molecule has 46 heavy (non-hydrogen) atoms. The summed E-state index contributed by atoms with van der Waals surface area (Å²) in [6.45, 7) is 7.49. The first-order valence-corrected chi connectivity index (χ1v) is 17.7. The molecule has 6 bridgehead atoms. The fourth-order valence-electron chi connectivity index (χ4n) is 7.16. The van der Waals surface area contributed by atoms with E-state index >= 15 is 0 Å². The Bertz CT molecular complexity index is 1710. The number of carbonyl (C=O) groups is 2. The molecular formula is C31H34O13S2. The molecule has 4 heterocycles. The molecule has 8 rings (SSSR count). The van der Waals surface area contributed by atoms with Crippen LogP contribution >= 0.6 is 0 Å². The molecule has 6 aliphatic rings. The van der Waals surface area contributed by atoms with E-state index in [-0.39, 0.29) is 16.2 Å². The molecule has 0 aromatic heterocycles. The molecule has 2 aliphatic carbocycles. The van der Waals surface area contributed by atoms with Gasteiger partial charge in [-0.1, -0.05) is 49.2 Å². The minimum absolute atomic E-state index is 0.162. The lowest BCUT2D eigenvalue weighted by Crippen LogP contribution is -2.77. The Kier molecular flexibility index (Phi) is 7.08. The lowest BCUT2D eigenvalue weighted by atomic mass is 9.66. The van der Waals surface area contributed by atoms with Crippen LogP contribution in [0.5, 0.6) is 0 Å². The summed E-state index contributed by atoms with van der Waals surface area (Å²) in [6.07, 6.45) is -7.78. The third-order valence-electron chi connectivity index (χ3n) is 10.5. The predicted molar refractivity (Wildman–Crippen MR) is 155 cm³/mol. The van der Waals surface area contributed by atoms with Gasteiger partial charge >= 0.3 is 11.9 Å². The minimum Gasteiger partial charge on any atom is -0.454 e. The van der Waals surface area contributed by atoms with Crippen LogP contribution in [0.3, 0.4) is 0 Å². The van der Waals surface area contributed by atoms with Crippen LogP contribution in [0.1, 0.15) is 44.7 Å². The van der Waals surface area contributed by atoms with Crippen LogP contribution < -0.4 is 0 Å². The van der Waals surface area contributed by atoms with E-state index < -0.39 is 91.7 Å². The summed E-state index contributed by atoms with van der Waals surface area (Å²) < 4.78 is 94.5. The second kappa shape index (κ2) is 10.3. The first-order chi connectivity index (χ1) is 21.5. The fourth-order valence-corrected chi connectivity index (χ4v) is 9.34. The Hall–Kier alpha value is -2.92. The number of fused-ring (bicyclic) bond motifs is 2. The Morgan fingerprint density at radius 2 is 1.15 bits per heavy atom. The molecule has 248 valence electrons. The van der Waals surface area contributed by atoms with Crippen molar-refractivity contribution in [2.24, 2.45) is 10.8 Å². The molecule has 15 heteroatoms. The molecule has 4 saturated heterocycles. The molecule has 13 nitrogen and oxygen atoms in total. The lowest BCUT2D eigenvalue weighted by molar-refractivity contribution is -0.476. The second-order valence-corrected chi connectivity index (χ2v) is 16.4. The van der Waals surface area contributed by atoms with Gasteiger partial charge in [-0.25, -0.2) is 4.79 Å². The zero-order chi connectivity index (χ0) is 33.0. The van der Waals surface area contributed by atoms with E-state index in [1.54, 1.807) is 58.9 Å². The monoisotopic (exact) mass is 678 g/mol. The van der Waals surface area contributed by atoms with Gasteiger partial charge in [-0.05, 0) is 57.9 Å². The molecule has 6 fully saturated rings. The average Bonchev–Trinajstić information content (AvgIpc) is 3.28. The van der Waals surface area contributed by atoms with Crippen molar-refractivity contribution in [1.29, 1.82) is 0 Å². The number of esters is 2. The summed E-state index contributed by atoms with van der Waals surface area (Å²) >= 11 is 0. The maximum Gasteiger partial charge on any atom is 0.351 e. The van der Waals surface area contributed by atoms with Gasteiger partial charge in [0.05, 0.1) is 15.2 Å². The quantitative estimate of drug-likeness (QED) is 0.296. The van der Waals surface area contributed by atoms with Gasteiger partial charge in [0.1, 0.15) is 30.5 Å². The third kappa shape index (κ3) is 4.50. The smallest absolute Gasteiger partial charge is 0.351 e. The van der Waals surface area contributed by atoms with Crippen molar-refractivity contribution in [3.05, 3.63) is 59.7 Å². The lowest BCUT2D eigenvalue weighted by Gasteiger charge is -2.57. The molecule has 4 unspecified atom stereocenters. The number of rotatable bonds is 8. The highest BCUT2D eigenvalue weighted by Gasteiger charge is 2.77. The van der Waals surface area contributed by atoms with Crippen molar-refractivity contribution < 1.29 is 58.5 Å². The molecule has 2 aromatic rings. The summed E-state index contributed by atoms with van der Waals surface area (Å²) in [4.78, 5) is 26.6. The molecule has 4 aliphatic heterocycles. The highest BCUT2D eigenvalue weighted by molar-refractivity contribution is 7.87. The molecular weight excluding hydrogens is 644 g/mol. The molecule has 9 atom stereocenters. The fraction of sp³-hybridized carbons (Fsp3) is 0.548. The number of benzene rings is 2. The largest absolute Gasteiger partial charge is 0.454 e. The number of hydrogen-bond acceptors (Lipinski definition) is 13. The molecule has 2 aromatic carbocycles. The third-order valence-corrected chi connectivity index (χ3v) is 13.1. The highest BCUT2D eigenvalue weighted by atomic mass is 32.2. The van der Waals surface area contributed by atoms with Crippen molar-refractivity contribution in [3.63, 3.8) is 0 Å². The number of hydrogen-bond donors (Lipinski definition) is 0. The number of ether oxygens (including phenoxy) is 5. The van der Waals surface area contributed by atoms with E-state index in [9.17, 15) is 26.4 Å². The molecule has 0 spiro atoms. The zero-order valence-electron chi connectivity index (χ0n) is 25.7. The Balaban J connectivity index is 1.25. The van der Waals surface area contributed by atoms with Crippen molar-refractivity contribution in [2.75, 3.05) is 0 Å². The summed E-state index contributed by atoms with van der Waals surface area (Å²) in [5.74, 6) is -1.42. The average molecular weight is 679 g/mol. The van der Waals surface area contributed by atoms with Crippen LogP contribution in [-0.2, 0) is 61.9 Å². The normalized spacial score (nSPS) is 37.3. The molecule has 2 saturated carbocycles. The van der Waals surface area contributed by atoms with Gasteiger partial charge in [-0.15, -0.1) is 0 Å². The minimum atomic E-state index is -4.47. The maximum atomic E-state index is 14.1. The van der Waals surface area contributed by atoms with E-state index in [1.807, 2.05) is 0 Å².